The number of rotatable bonds is 7. The summed E-state index contributed by atoms with van der Waals surface area (Å²) in [6, 6.07) is 7.69. The molecule has 0 atom stereocenters. The van der Waals surface area contributed by atoms with Crippen molar-refractivity contribution in [2.75, 3.05) is 20.2 Å². The Kier molecular flexibility index (Phi) is 6.26. The third-order valence-corrected chi connectivity index (χ3v) is 2.85. The Labute approximate surface area is 110 Å². The molecule has 3 heteroatoms. The minimum Gasteiger partial charge on any atom is -0.497 e. The van der Waals surface area contributed by atoms with Crippen LogP contribution in [0.1, 0.15) is 32.3 Å². The molecule has 0 heterocycles. The van der Waals surface area contributed by atoms with Crippen LogP contribution in [0.4, 0.5) is 0 Å². The average molecular weight is 249 g/mol. The van der Waals surface area contributed by atoms with Crippen LogP contribution in [0, 0.1) is 0 Å². The lowest BCUT2D eigenvalue weighted by molar-refractivity contribution is -0.130. The Morgan fingerprint density at radius 3 is 2.11 bits per heavy atom. The molecule has 0 radical (unpaired) electrons. The first-order valence-corrected chi connectivity index (χ1v) is 6.62. The van der Waals surface area contributed by atoms with E-state index in [9.17, 15) is 4.79 Å². The van der Waals surface area contributed by atoms with Gasteiger partial charge in [0, 0.05) is 13.1 Å². The third kappa shape index (κ3) is 4.40. The molecule has 0 aliphatic rings. The van der Waals surface area contributed by atoms with Gasteiger partial charge in [-0.05, 0) is 30.5 Å². The number of methoxy groups -OCH3 is 1. The fourth-order valence-corrected chi connectivity index (χ4v) is 1.93. The van der Waals surface area contributed by atoms with Gasteiger partial charge in [-0.3, -0.25) is 4.79 Å². The maximum Gasteiger partial charge on any atom is 0.226 e. The maximum atomic E-state index is 12.1. The summed E-state index contributed by atoms with van der Waals surface area (Å²) >= 11 is 0. The van der Waals surface area contributed by atoms with Crippen molar-refractivity contribution in [3.05, 3.63) is 29.8 Å². The Bertz CT molecular complexity index is 353. The Morgan fingerprint density at radius 2 is 1.67 bits per heavy atom. The number of carbonyl (C=O) groups is 1. The summed E-state index contributed by atoms with van der Waals surface area (Å²) in [5.74, 6) is 1.04. The van der Waals surface area contributed by atoms with Crippen molar-refractivity contribution >= 4 is 5.91 Å². The molecule has 0 bridgehead atoms. The van der Waals surface area contributed by atoms with Gasteiger partial charge in [-0.1, -0.05) is 26.0 Å². The fraction of sp³-hybridized carbons (Fsp3) is 0.533. The van der Waals surface area contributed by atoms with E-state index in [4.69, 9.17) is 4.74 Å². The highest BCUT2D eigenvalue weighted by atomic mass is 16.5. The van der Waals surface area contributed by atoms with Crippen LogP contribution < -0.4 is 4.74 Å². The van der Waals surface area contributed by atoms with Crippen molar-refractivity contribution in [2.24, 2.45) is 0 Å². The highest BCUT2D eigenvalue weighted by Crippen LogP contribution is 2.12. The second kappa shape index (κ2) is 7.75. The zero-order valence-electron chi connectivity index (χ0n) is 11.6. The van der Waals surface area contributed by atoms with Crippen LogP contribution in [0.3, 0.4) is 0 Å². The second-order valence-electron chi connectivity index (χ2n) is 4.41. The third-order valence-electron chi connectivity index (χ3n) is 2.85. The summed E-state index contributed by atoms with van der Waals surface area (Å²) in [7, 11) is 1.64. The average Bonchev–Trinajstić information content (AvgIpc) is 2.39. The fourth-order valence-electron chi connectivity index (χ4n) is 1.93. The number of nitrogens with zero attached hydrogens (tertiary/aromatic N) is 1. The summed E-state index contributed by atoms with van der Waals surface area (Å²) in [4.78, 5) is 14.1. The van der Waals surface area contributed by atoms with E-state index in [-0.39, 0.29) is 5.91 Å². The summed E-state index contributed by atoms with van der Waals surface area (Å²) in [6.45, 7) is 5.90. The molecule has 1 aromatic rings. The van der Waals surface area contributed by atoms with Gasteiger partial charge in [0.25, 0.3) is 0 Å². The van der Waals surface area contributed by atoms with Crippen LogP contribution in [0.5, 0.6) is 5.75 Å². The Balaban J connectivity index is 2.60. The first-order valence-electron chi connectivity index (χ1n) is 6.62. The molecule has 1 amide bonds. The second-order valence-corrected chi connectivity index (χ2v) is 4.41. The smallest absolute Gasteiger partial charge is 0.226 e. The summed E-state index contributed by atoms with van der Waals surface area (Å²) in [5.41, 5.74) is 1.04. The number of hydrogen-bond acceptors (Lipinski definition) is 2. The molecule has 1 rings (SSSR count). The molecule has 3 nitrogen and oxygen atoms in total. The SMILES string of the molecule is CCCN(CCC)C(=O)Cc1ccc(OC)cc1. The van der Waals surface area contributed by atoms with E-state index in [1.54, 1.807) is 7.11 Å². The number of benzene rings is 1. The standard InChI is InChI=1S/C15H23NO2/c1-4-10-16(11-5-2)15(17)12-13-6-8-14(18-3)9-7-13/h6-9H,4-5,10-12H2,1-3H3. The van der Waals surface area contributed by atoms with E-state index in [1.165, 1.54) is 0 Å². The molecule has 1 aromatic carbocycles. The van der Waals surface area contributed by atoms with Crippen molar-refractivity contribution in [1.82, 2.24) is 4.90 Å². The maximum absolute atomic E-state index is 12.1. The molecule has 0 unspecified atom stereocenters. The predicted molar refractivity (Wildman–Crippen MR) is 73.9 cm³/mol. The van der Waals surface area contributed by atoms with E-state index in [2.05, 4.69) is 13.8 Å². The molecular weight excluding hydrogens is 226 g/mol. The molecule has 0 spiro atoms. The summed E-state index contributed by atoms with van der Waals surface area (Å²) in [5, 5.41) is 0. The van der Waals surface area contributed by atoms with E-state index in [0.717, 1.165) is 37.2 Å². The molecule has 18 heavy (non-hydrogen) atoms. The number of hydrogen-bond donors (Lipinski definition) is 0. The minimum absolute atomic E-state index is 0.212. The highest BCUT2D eigenvalue weighted by molar-refractivity contribution is 5.78. The van der Waals surface area contributed by atoms with Gasteiger partial charge in [0.2, 0.25) is 5.91 Å². The molecule has 0 fully saturated rings. The van der Waals surface area contributed by atoms with Crippen LogP contribution in [-0.4, -0.2) is 31.0 Å². The lowest BCUT2D eigenvalue weighted by atomic mass is 10.1. The van der Waals surface area contributed by atoms with E-state index < -0.39 is 0 Å². The van der Waals surface area contributed by atoms with E-state index in [0.29, 0.717) is 6.42 Å². The molecule has 0 aliphatic carbocycles. The van der Waals surface area contributed by atoms with Gasteiger partial charge in [-0.25, -0.2) is 0 Å². The lowest BCUT2D eigenvalue weighted by Crippen LogP contribution is -2.33. The summed E-state index contributed by atoms with van der Waals surface area (Å²) in [6.07, 6.45) is 2.49. The normalized spacial score (nSPS) is 10.2. The van der Waals surface area contributed by atoms with E-state index >= 15 is 0 Å². The van der Waals surface area contributed by atoms with Crippen LogP contribution in [0.15, 0.2) is 24.3 Å². The van der Waals surface area contributed by atoms with Gasteiger partial charge in [0.15, 0.2) is 0 Å². The van der Waals surface area contributed by atoms with Crippen LogP contribution in [0.25, 0.3) is 0 Å². The van der Waals surface area contributed by atoms with Gasteiger partial charge in [0.05, 0.1) is 13.5 Å². The highest BCUT2D eigenvalue weighted by Gasteiger charge is 2.12. The van der Waals surface area contributed by atoms with Crippen LogP contribution in [0.2, 0.25) is 0 Å². The van der Waals surface area contributed by atoms with Crippen molar-refractivity contribution < 1.29 is 9.53 Å². The predicted octanol–water partition coefficient (Wildman–Crippen LogP) is 2.89. The number of ether oxygens (including phenoxy) is 1. The summed E-state index contributed by atoms with van der Waals surface area (Å²) < 4.78 is 5.10. The van der Waals surface area contributed by atoms with Crippen molar-refractivity contribution in [3.8, 4) is 5.75 Å². The van der Waals surface area contributed by atoms with Crippen molar-refractivity contribution in [3.63, 3.8) is 0 Å². The topological polar surface area (TPSA) is 29.5 Å². The monoisotopic (exact) mass is 249 g/mol. The first kappa shape index (κ1) is 14.6. The molecule has 0 aromatic heterocycles. The number of carbonyl (C=O) groups excluding carboxylic acids is 1. The van der Waals surface area contributed by atoms with Crippen LogP contribution in [-0.2, 0) is 11.2 Å². The largest absolute Gasteiger partial charge is 0.497 e. The molecule has 0 aliphatic heterocycles. The number of amides is 1. The molecular formula is C15H23NO2. The van der Waals surface area contributed by atoms with Gasteiger partial charge in [0.1, 0.15) is 5.75 Å². The van der Waals surface area contributed by atoms with Crippen molar-refractivity contribution in [2.45, 2.75) is 33.1 Å². The quantitative estimate of drug-likeness (QED) is 0.743. The van der Waals surface area contributed by atoms with Crippen molar-refractivity contribution in [1.29, 1.82) is 0 Å². The zero-order chi connectivity index (χ0) is 13.4. The Hall–Kier alpha value is -1.51. The zero-order valence-corrected chi connectivity index (χ0v) is 11.6. The molecule has 0 N–H and O–H groups in total. The minimum atomic E-state index is 0.212. The lowest BCUT2D eigenvalue weighted by Gasteiger charge is -2.21. The van der Waals surface area contributed by atoms with Gasteiger partial charge in [-0.2, -0.15) is 0 Å². The van der Waals surface area contributed by atoms with E-state index in [1.807, 2.05) is 29.2 Å². The van der Waals surface area contributed by atoms with Gasteiger partial charge < -0.3 is 9.64 Å². The molecule has 100 valence electrons. The first-order chi connectivity index (χ1) is 8.71. The van der Waals surface area contributed by atoms with Gasteiger partial charge >= 0.3 is 0 Å². The molecule has 0 saturated heterocycles. The van der Waals surface area contributed by atoms with Gasteiger partial charge in [-0.15, -0.1) is 0 Å². The van der Waals surface area contributed by atoms with Crippen LogP contribution >= 0.6 is 0 Å². The Morgan fingerprint density at radius 1 is 1.11 bits per heavy atom. The molecule has 0 saturated carbocycles.